The van der Waals surface area contributed by atoms with Crippen molar-refractivity contribution >= 4 is 11.6 Å². The highest BCUT2D eigenvalue weighted by atomic mass is 16.2. The first kappa shape index (κ1) is 15.8. The summed E-state index contributed by atoms with van der Waals surface area (Å²) in [6.07, 6.45) is 3.32. The predicted molar refractivity (Wildman–Crippen MR) is 86.8 cm³/mol. The van der Waals surface area contributed by atoms with Crippen LogP contribution in [0, 0.1) is 0 Å². The minimum atomic E-state index is -0.0653. The van der Waals surface area contributed by atoms with E-state index >= 15 is 0 Å². The molecule has 1 unspecified atom stereocenters. The molecule has 2 rings (SSSR count). The van der Waals surface area contributed by atoms with E-state index in [1.165, 1.54) is 5.56 Å². The molecule has 0 spiro atoms. The zero-order valence-electron chi connectivity index (χ0n) is 13.2. The Morgan fingerprint density at radius 3 is 2.71 bits per heavy atom. The Hall–Kier alpha value is -1.55. The van der Waals surface area contributed by atoms with Crippen LogP contribution in [0.5, 0.6) is 0 Å². The van der Waals surface area contributed by atoms with Crippen LogP contribution in [0.3, 0.4) is 0 Å². The molecule has 0 aromatic heterocycles. The third-order valence-electron chi connectivity index (χ3n) is 4.17. The van der Waals surface area contributed by atoms with Crippen LogP contribution in [0.4, 0.5) is 5.69 Å². The van der Waals surface area contributed by atoms with Crippen molar-refractivity contribution in [2.75, 3.05) is 25.4 Å². The van der Waals surface area contributed by atoms with Crippen LogP contribution < -0.4 is 5.73 Å². The molecule has 0 saturated carbocycles. The van der Waals surface area contributed by atoms with E-state index in [9.17, 15) is 4.79 Å². The minimum absolute atomic E-state index is 0.0653. The molecule has 0 radical (unpaired) electrons. The Labute approximate surface area is 127 Å². The van der Waals surface area contributed by atoms with E-state index in [0.717, 1.165) is 51.1 Å². The van der Waals surface area contributed by atoms with Gasteiger partial charge in [-0.1, -0.05) is 19.1 Å². The fraction of sp³-hybridized carbons (Fsp3) is 0.588. The number of rotatable bonds is 6. The second kappa shape index (κ2) is 7.46. The van der Waals surface area contributed by atoms with Gasteiger partial charge in [0.05, 0.1) is 6.04 Å². The molecule has 1 aliphatic heterocycles. The Balaban J connectivity index is 2.04. The number of hydrogen-bond acceptors (Lipinski definition) is 3. The molecular weight excluding hydrogens is 262 g/mol. The van der Waals surface area contributed by atoms with Gasteiger partial charge in [0.2, 0.25) is 5.91 Å². The molecule has 1 atom stereocenters. The van der Waals surface area contributed by atoms with Gasteiger partial charge in [0.25, 0.3) is 0 Å². The molecule has 0 bridgehead atoms. The Morgan fingerprint density at radius 1 is 1.38 bits per heavy atom. The van der Waals surface area contributed by atoms with Gasteiger partial charge in [-0.2, -0.15) is 0 Å². The van der Waals surface area contributed by atoms with Gasteiger partial charge in [-0.15, -0.1) is 0 Å². The van der Waals surface area contributed by atoms with Crippen LogP contribution in [-0.2, 0) is 11.3 Å². The molecule has 1 saturated heterocycles. The summed E-state index contributed by atoms with van der Waals surface area (Å²) in [5, 5.41) is 0. The molecule has 21 heavy (non-hydrogen) atoms. The number of carbonyl (C=O) groups excluding carboxylic acids is 1. The van der Waals surface area contributed by atoms with Crippen LogP contribution in [0.25, 0.3) is 0 Å². The lowest BCUT2D eigenvalue weighted by atomic mass is 10.1. The van der Waals surface area contributed by atoms with Gasteiger partial charge in [-0.05, 0) is 50.4 Å². The van der Waals surface area contributed by atoms with Gasteiger partial charge in [0.15, 0.2) is 0 Å². The Bertz CT molecular complexity index is 469. The average Bonchev–Trinajstić information content (AvgIpc) is 2.99. The van der Waals surface area contributed by atoms with Crippen molar-refractivity contribution in [2.24, 2.45) is 0 Å². The van der Waals surface area contributed by atoms with Gasteiger partial charge >= 0.3 is 0 Å². The second-order valence-electron chi connectivity index (χ2n) is 5.92. The fourth-order valence-electron chi connectivity index (χ4n) is 2.98. The number of nitrogens with zero attached hydrogens (tertiary/aromatic N) is 2. The maximum Gasteiger partial charge on any atom is 0.239 e. The number of anilines is 1. The van der Waals surface area contributed by atoms with Crippen molar-refractivity contribution in [2.45, 2.75) is 45.7 Å². The first-order valence-corrected chi connectivity index (χ1v) is 7.99. The molecule has 0 aliphatic carbocycles. The molecule has 2 N–H and O–H groups in total. The first-order chi connectivity index (χ1) is 10.1. The van der Waals surface area contributed by atoms with Gasteiger partial charge < -0.3 is 10.6 Å². The van der Waals surface area contributed by atoms with E-state index in [2.05, 4.69) is 17.9 Å². The molecule has 116 valence electrons. The van der Waals surface area contributed by atoms with E-state index in [-0.39, 0.29) is 11.9 Å². The zero-order chi connectivity index (χ0) is 15.2. The number of likely N-dealkylation sites (tertiary alicyclic amines) is 1. The fourth-order valence-corrected chi connectivity index (χ4v) is 2.98. The molecule has 4 heteroatoms. The minimum Gasteiger partial charge on any atom is -0.399 e. The van der Waals surface area contributed by atoms with Crippen LogP contribution in [0.2, 0.25) is 0 Å². The van der Waals surface area contributed by atoms with Crippen LogP contribution >= 0.6 is 0 Å². The van der Waals surface area contributed by atoms with Crippen molar-refractivity contribution in [3.8, 4) is 0 Å². The molecule has 1 fully saturated rings. The lowest BCUT2D eigenvalue weighted by Crippen LogP contribution is -2.46. The first-order valence-electron chi connectivity index (χ1n) is 7.99. The lowest BCUT2D eigenvalue weighted by Gasteiger charge is -2.31. The van der Waals surface area contributed by atoms with Gasteiger partial charge in [0, 0.05) is 25.3 Å². The smallest absolute Gasteiger partial charge is 0.239 e. The van der Waals surface area contributed by atoms with Gasteiger partial charge in [-0.25, -0.2) is 0 Å². The number of benzene rings is 1. The van der Waals surface area contributed by atoms with E-state index in [1.54, 1.807) is 0 Å². The summed E-state index contributed by atoms with van der Waals surface area (Å²) in [4.78, 5) is 16.8. The summed E-state index contributed by atoms with van der Waals surface area (Å²) in [5.41, 5.74) is 7.80. The summed E-state index contributed by atoms with van der Waals surface area (Å²) in [5.74, 6) is 0.268. The Morgan fingerprint density at radius 2 is 2.10 bits per heavy atom. The van der Waals surface area contributed by atoms with Crippen molar-refractivity contribution < 1.29 is 4.79 Å². The maximum absolute atomic E-state index is 12.6. The third-order valence-corrected chi connectivity index (χ3v) is 4.17. The number of amides is 1. The predicted octanol–water partition coefficient (Wildman–Crippen LogP) is 2.49. The number of hydrogen-bond donors (Lipinski definition) is 1. The quantitative estimate of drug-likeness (QED) is 0.819. The maximum atomic E-state index is 12.6. The molecule has 1 aromatic rings. The monoisotopic (exact) mass is 289 g/mol. The normalized spacial score (nSPS) is 16.4. The van der Waals surface area contributed by atoms with Crippen LogP contribution in [-0.4, -0.2) is 41.4 Å². The average molecular weight is 289 g/mol. The summed E-state index contributed by atoms with van der Waals surface area (Å²) in [7, 11) is 0. The standard InChI is InChI=1S/C17H27N3O/c1-3-9-20(13-15-7-6-8-16(18)12-15)14(2)17(21)19-10-4-5-11-19/h6-8,12,14H,3-5,9-11,13,18H2,1-2H3. The highest BCUT2D eigenvalue weighted by molar-refractivity contribution is 5.81. The van der Waals surface area contributed by atoms with Crippen molar-refractivity contribution in [1.82, 2.24) is 9.80 Å². The molecular formula is C17H27N3O. The Kier molecular flexibility index (Phi) is 5.62. The van der Waals surface area contributed by atoms with E-state index in [4.69, 9.17) is 5.73 Å². The zero-order valence-corrected chi connectivity index (χ0v) is 13.2. The lowest BCUT2D eigenvalue weighted by molar-refractivity contribution is -0.135. The summed E-state index contributed by atoms with van der Waals surface area (Å²) in [6.45, 7) is 7.72. The van der Waals surface area contributed by atoms with E-state index in [0.29, 0.717) is 0 Å². The van der Waals surface area contributed by atoms with Crippen LogP contribution in [0.1, 0.15) is 38.7 Å². The summed E-state index contributed by atoms with van der Waals surface area (Å²) >= 11 is 0. The molecule has 1 aromatic carbocycles. The third kappa shape index (κ3) is 4.21. The van der Waals surface area contributed by atoms with Gasteiger partial charge in [-0.3, -0.25) is 9.69 Å². The van der Waals surface area contributed by atoms with Gasteiger partial charge in [0.1, 0.15) is 0 Å². The number of nitrogens with two attached hydrogens (primary N) is 1. The topological polar surface area (TPSA) is 49.6 Å². The summed E-state index contributed by atoms with van der Waals surface area (Å²) < 4.78 is 0. The van der Waals surface area contributed by atoms with E-state index < -0.39 is 0 Å². The SMILES string of the molecule is CCCN(Cc1cccc(N)c1)C(C)C(=O)N1CCCC1. The second-order valence-corrected chi connectivity index (χ2v) is 5.92. The summed E-state index contributed by atoms with van der Waals surface area (Å²) in [6, 6.07) is 7.88. The van der Waals surface area contributed by atoms with Crippen molar-refractivity contribution in [1.29, 1.82) is 0 Å². The van der Waals surface area contributed by atoms with Crippen LogP contribution in [0.15, 0.2) is 24.3 Å². The number of nitrogen functional groups attached to an aromatic ring is 1. The highest BCUT2D eigenvalue weighted by Crippen LogP contribution is 2.16. The van der Waals surface area contributed by atoms with E-state index in [1.807, 2.05) is 30.0 Å². The largest absolute Gasteiger partial charge is 0.399 e. The molecule has 1 aliphatic rings. The van der Waals surface area contributed by atoms with Crippen molar-refractivity contribution in [3.63, 3.8) is 0 Å². The molecule has 4 nitrogen and oxygen atoms in total. The molecule has 1 heterocycles. The highest BCUT2D eigenvalue weighted by Gasteiger charge is 2.27. The molecule has 1 amide bonds. The number of carbonyl (C=O) groups is 1. The van der Waals surface area contributed by atoms with Crippen molar-refractivity contribution in [3.05, 3.63) is 29.8 Å².